The first-order valence-corrected chi connectivity index (χ1v) is 9.22. The molecule has 0 bridgehead atoms. The van der Waals surface area contributed by atoms with E-state index < -0.39 is 15.9 Å². The summed E-state index contributed by atoms with van der Waals surface area (Å²) in [6.45, 7) is 8.24. The van der Waals surface area contributed by atoms with Crippen LogP contribution in [0.4, 0.5) is 0 Å². The maximum Gasteiger partial charge on any atom is 0.257 e. The van der Waals surface area contributed by atoms with Gasteiger partial charge in [-0.2, -0.15) is 0 Å². The second-order valence-corrected chi connectivity index (χ2v) is 8.24. The monoisotopic (exact) mass is 339 g/mol. The van der Waals surface area contributed by atoms with Crippen LogP contribution in [0.5, 0.6) is 5.75 Å². The van der Waals surface area contributed by atoms with E-state index in [9.17, 15) is 13.2 Å². The number of sulfonamides is 1. The molecule has 1 amide bonds. The van der Waals surface area contributed by atoms with Crippen molar-refractivity contribution in [1.29, 1.82) is 0 Å². The molecule has 1 N–H and O–H groups in total. The fourth-order valence-corrected chi connectivity index (χ4v) is 3.11. The van der Waals surface area contributed by atoms with Crippen molar-refractivity contribution in [3.05, 3.63) is 35.9 Å². The van der Waals surface area contributed by atoms with Crippen LogP contribution in [0.25, 0.3) is 6.08 Å². The Hall–Kier alpha value is -1.82. The molecule has 0 radical (unpaired) electrons. The Balaban J connectivity index is 2.69. The summed E-state index contributed by atoms with van der Waals surface area (Å²) in [5, 5.41) is 0. The lowest BCUT2D eigenvalue weighted by Crippen LogP contribution is -2.32. The van der Waals surface area contributed by atoms with Crippen LogP contribution in [0.3, 0.4) is 0 Å². The average molecular weight is 339 g/mol. The van der Waals surface area contributed by atoms with E-state index in [1.807, 2.05) is 39.8 Å². The van der Waals surface area contributed by atoms with Crippen molar-refractivity contribution in [1.82, 2.24) is 4.72 Å². The molecule has 0 aromatic heterocycles. The summed E-state index contributed by atoms with van der Waals surface area (Å²) < 4.78 is 31.3. The fraction of sp³-hybridized carbons (Fsp3) is 0.471. The van der Waals surface area contributed by atoms with Crippen molar-refractivity contribution in [2.45, 2.75) is 34.1 Å². The highest BCUT2D eigenvalue weighted by Gasteiger charge is 2.18. The van der Waals surface area contributed by atoms with Gasteiger partial charge in [0, 0.05) is 11.6 Å². The lowest BCUT2D eigenvalue weighted by Gasteiger charge is -2.17. The van der Waals surface area contributed by atoms with Crippen molar-refractivity contribution in [2.75, 3.05) is 12.4 Å². The van der Waals surface area contributed by atoms with Crippen LogP contribution in [0, 0.1) is 5.41 Å². The molecule has 23 heavy (non-hydrogen) atoms. The van der Waals surface area contributed by atoms with E-state index in [1.165, 1.54) is 6.08 Å². The second-order valence-electron chi connectivity index (χ2n) is 6.40. The molecule has 1 rings (SSSR count). The summed E-state index contributed by atoms with van der Waals surface area (Å²) in [6, 6.07) is 7.24. The number of hydrogen-bond donors (Lipinski definition) is 1. The minimum absolute atomic E-state index is 0.0778. The smallest absolute Gasteiger partial charge is 0.257 e. The maximum atomic E-state index is 11.9. The van der Waals surface area contributed by atoms with Crippen LogP contribution in [0.2, 0.25) is 0 Å². The molecule has 5 nitrogen and oxygen atoms in total. The van der Waals surface area contributed by atoms with Gasteiger partial charge in [-0.15, -0.1) is 0 Å². The van der Waals surface area contributed by atoms with Crippen molar-refractivity contribution in [2.24, 2.45) is 5.41 Å². The Bertz CT molecular complexity index is 657. The number of carbonyl (C=O) groups is 1. The number of nitrogens with one attached hydrogen (secondary N) is 1. The van der Waals surface area contributed by atoms with Crippen LogP contribution < -0.4 is 9.46 Å². The zero-order valence-electron chi connectivity index (χ0n) is 14.1. The number of benzene rings is 1. The first-order chi connectivity index (χ1) is 10.6. The first kappa shape index (κ1) is 19.2. The SMILES string of the molecule is CCOc1ccccc1/C=C/C(=O)NS(=O)(=O)CCC(C)(C)C. The second kappa shape index (κ2) is 8.15. The third kappa shape index (κ3) is 7.83. The van der Waals surface area contributed by atoms with E-state index in [0.717, 1.165) is 5.56 Å². The summed E-state index contributed by atoms with van der Waals surface area (Å²) >= 11 is 0. The summed E-state index contributed by atoms with van der Waals surface area (Å²) in [7, 11) is -3.62. The molecule has 6 heteroatoms. The highest BCUT2D eigenvalue weighted by atomic mass is 32.2. The van der Waals surface area contributed by atoms with Gasteiger partial charge in [0.15, 0.2) is 0 Å². The Morgan fingerprint density at radius 1 is 1.26 bits per heavy atom. The Labute approximate surface area is 138 Å². The number of hydrogen-bond acceptors (Lipinski definition) is 4. The molecule has 0 aliphatic carbocycles. The van der Waals surface area contributed by atoms with Crippen molar-refractivity contribution < 1.29 is 17.9 Å². The lowest BCUT2D eigenvalue weighted by atomic mass is 9.94. The number of para-hydroxylation sites is 1. The van der Waals surface area contributed by atoms with Crippen LogP contribution in [-0.4, -0.2) is 26.7 Å². The number of carbonyl (C=O) groups excluding carboxylic acids is 1. The molecule has 0 spiro atoms. The molecule has 1 aromatic carbocycles. The Morgan fingerprint density at radius 3 is 2.52 bits per heavy atom. The van der Waals surface area contributed by atoms with Crippen molar-refractivity contribution in [3.63, 3.8) is 0 Å². The van der Waals surface area contributed by atoms with Crippen molar-refractivity contribution >= 4 is 22.0 Å². The van der Waals surface area contributed by atoms with E-state index in [-0.39, 0.29) is 11.2 Å². The van der Waals surface area contributed by atoms with Gasteiger partial charge in [0.25, 0.3) is 5.91 Å². The van der Waals surface area contributed by atoms with E-state index in [2.05, 4.69) is 4.72 Å². The number of rotatable bonds is 7. The summed E-state index contributed by atoms with van der Waals surface area (Å²) in [5.41, 5.74) is 0.612. The zero-order chi connectivity index (χ0) is 17.5. The zero-order valence-corrected chi connectivity index (χ0v) is 14.9. The molecule has 0 unspecified atom stereocenters. The van der Waals surface area contributed by atoms with E-state index in [4.69, 9.17) is 4.74 Å². The first-order valence-electron chi connectivity index (χ1n) is 7.57. The molecule has 0 atom stereocenters. The number of amides is 1. The predicted molar refractivity (Wildman–Crippen MR) is 92.6 cm³/mol. The predicted octanol–water partition coefficient (Wildman–Crippen LogP) is 2.98. The van der Waals surface area contributed by atoms with E-state index >= 15 is 0 Å². The average Bonchev–Trinajstić information content (AvgIpc) is 2.44. The quantitative estimate of drug-likeness (QED) is 0.775. The fourth-order valence-electron chi connectivity index (χ4n) is 1.75. The minimum Gasteiger partial charge on any atom is -0.493 e. The molecule has 0 saturated carbocycles. The van der Waals surface area contributed by atoms with E-state index in [0.29, 0.717) is 18.8 Å². The van der Waals surface area contributed by atoms with Crippen LogP contribution in [0.1, 0.15) is 39.7 Å². The molecule has 0 aliphatic rings. The number of ether oxygens (including phenoxy) is 1. The minimum atomic E-state index is -3.62. The van der Waals surface area contributed by atoms with Gasteiger partial charge in [-0.05, 0) is 30.9 Å². The molecule has 0 heterocycles. The molecule has 0 aliphatic heterocycles. The van der Waals surface area contributed by atoms with Gasteiger partial charge in [0.05, 0.1) is 12.4 Å². The van der Waals surface area contributed by atoms with Gasteiger partial charge in [-0.1, -0.05) is 39.0 Å². The van der Waals surface area contributed by atoms with Gasteiger partial charge < -0.3 is 4.74 Å². The van der Waals surface area contributed by atoms with E-state index in [1.54, 1.807) is 18.2 Å². The standard InChI is InChI=1S/C17H25NO4S/c1-5-22-15-9-7-6-8-14(15)10-11-16(19)18-23(20,21)13-12-17(2,3)4/h6-11H,5,12-13H2,1-4H3,(H,18,19)/b11-10+. The highest BCUT2D eigenvalue weighted by Crippen LogP contribution is 2.20. The van der Waals surface area contributed by atoms with Crippen LogP contribution in [0.15, 0.2) is 30.3 Å². The van der Waals surface area contributed by atoms with Gasteiger partial charge in [0.2, 0.25) is 10.0 Å². The van der Waals surface area contributed by atoms with Crippen molar-refractivity contribution in [3.8, 4) is 5.75 Å². The van der Waals surface area contributed by atoms with Gasteiger partial charge in [0.1, 0.15) is 5.75 Å². The molecule has 128 valence electrons. The Kier molecular flexibility index (Phi) is 6.81. The third-order valence-corrected chi connectivity index (χ3v) is 4.26. The highest BCUT2D eigenvalue weighted by molar-refractivity contribution is 7.90. The van der Waals surface area contributed by atoms with Crippen LogP contribution >= 0.6 is 0 Å². The Morgan fingerprint density at radius 2 is 1.91 bits per heavy atom. The topological polar surface area (TPSA) is 72.5 Å². The molecular formula is C17H25NO4S. The third-order valence-electron chi connectivity index (χ3n) is 3.01. The summed E-state index contributed by atoms with van der Waals surface area (Å²) in [5.74, 6) is -0.0918. The molecule has 0 saturated heterocycles. The van der Waals surface area contributed by atoms with Gasteiger partial charge >= 0.3 is 0 Å². The van der Waals surface area contributed by atoms with Gasteiger partial charge in [-0.3, -0.25) is 4.79 Å². The summed E-state index contributed by atoms with van der Waals surface area (Å²) in [6.07, 6.45) is 3.22. The lowest BCUT2D eigenvalue weighted by molar-refractivity contribution is -0.114. The van der Waals surface area contributed by atoms with Gasteiger partial charge in [-0.25, -0.2) is 13.1 Å². The molecule has 0 fully saturated rings. The molecule has 1 aromatic rings. The molecular weight excluding hydrogens is 314 g/mol. The largest absolute Gasteiger partial charge is 0.493 e. The maximum absolute atomic E-state index is 11.9. The normalized spacial score (nSPS) is 12.3. The summed E-state index contributed by atoms with van der Waals surface area (Å²) in [4.78, 5) is 11.8. The van der Waals surface area contributed by atoms with Crippen LogP contribution in [-0.2, 0) is 14.8 Å².